The Bertz CT molecular complexity index is 787. The van der Waals surface area contributed by atoms with E-state index in [0.717, 1.165) is 19.6 Å². The molecule has 6 nitrogen and oxygen atoms in total. The molecule has 1 heterocycles. The number of nitro benzene ring substituents is 1. The first kappa shape index (κ1) is 17.4. The number of non-ortho nitro benzene ring substituents is 1. The van der Waals surface area contributed by atoms with E-state index in [2.05, 4.69) is 10.2 Å². The third kappa shape index (κ3) is 4.35. The summed E-state index contributed by atoms with van der Waals surface area (Å²) in [6.07, 6.45) is 2.51. The number of halogens is 1. The molecule has 25 heavy (non-hydrogen) atoms. The van der Waals surface area contributed by atoms with Crippen LogP contribution in [0, 0.1) is 10.1 Å². The standard InChI is InChI=1S/C18H18ClN3O3/c19-17-11-15(22(24)25)7-8-16(17)18(23)20-14-5-3-13(4-6-14)12-21-9-1-2-10-21/h3-8,11H,1-2,9-10,12H2,(H,20,23). The van der Waals surface area contributed by atoms with Gasteiger partial charge in [-0.3, -0.25) is 19.8 Å². The van der Waals surface area contributed by atoms with Crippen LogP contribution in [-0.4, -0.2) is 28.8 Å². The molecule has 0 aromatic heterocycles. The van der Waals surface area contributed by atoms with E-state index < -0.39 is 10.8 Å². The zero-order chi connectivity index (χ0) is 17.8. The fourth-order valence-corrected chi connectivity index (χ4v) is 3.15. The van der Waals surface area contributed by atoms with Crippen molar-refractivity contribution >= 4 is 28.9 Å². The van der Waals surface area contributed by atoms with Crippen molar-refractivity contribution in [2.45, 2.75) is 19.4 Å². The topological polar surface area (TPSA) is 75.5 Å². The minimum Gasteiger partial charge on any atom is -0.322 e. The zero-order valence-electron chi connectivity index (χ0n) is 13.6. The van der Waals surface area contributed by atoms with Crippen LogP contribution in [0.5, 0.6) is 0 Å². The van der Waals surface area contributed by atoms with Crippen LogP contribution in [0.1, 0.15) is 28.8 Å². The predicted octanol–water partition coefficient (Wildman–Crippen LogP) is 4.10. The highest BCUT2D eigenvalue weighted by Gasteiger charge is 2.15. The first-order valence-corrected chi connectivity index (χ1v) is 8.47. The number of anilines is 1. The van der Waals surface area contributed by atoms with Gasteiger partial charge in [-0.2, -0.15) is 0 Å². The summed E-state index contributed by atoms with van der Waals surface area (Å²) in [5, 5.41) is 13.5. The van der Waals surface area contributed by atoms with Gasteiger partial charge in [0, 0.05) is 24.4 Å². The Labute approximate surface area is 150 Å². The summed E-state index contributed by atoms with van der Waals surface area (Å²) in [4.78, 5) is 24.9. The van der Waals surface area contributed by atoms with Gasteiger partial charge < -0.3 is 5.32 Å². The molecule has 0 spiro atoms. The quantitative estimate of drug-likeness (QED) is 0.644. The number of nitro groups is 1. The van der Waals surface area contributed by atoms with Crippen LogP contribution in [0.3, 0.4) is 0 Å². The summed E-state index contributed by atoms with van der Waals surface area (Å²) in [5.41, 5.74) is 1.92. The summed E-state index contributed by atoms with van der Waals surface area (Å²) < 4.78 is 0. The van der Waals surface area contributed by atoms with Crippen LogP contribution >= 0.6 is 11.6 Å². The number of likely N-dealkylation sites (tertiary alicyclic amines) is 1. The lowest BCUT2D eigenvalue weighted by molar-refractivity contribution is -0.384. The number of carbonyl (C=O) groups is 1. The summed E-state index contributed by atoms with van der Waals surface area (Å²) >= 11 is 5.98. The van der Waals surface area contributed by atoms with E-state index in [-0.39, 0.29) is 16.3 Å². The van der Waals surface area contributed by atoms with Crippen LogP contribution < -0.4 is 5.32 Å². The van der Waals surface area contributed by atoms with E-state index in [1.54, 1.807) is 0 Å². The molecule has 0 atom stereocenters. The Morgan fingerprint density at radius 3 is 2.44 bits per heavy atom. The number of hydrogen-bond donors (Lipinski definition) is 1. The van der Waals surface area contributed by atoms with E-state index in [0.29, 0.717) is 5.69 Å². The van der Waals surface area contributed by atoms with Crippen molar-refractivity contribution in [1.29, 1.82) is 0 Å². The second-order valence-electron chi connectivity index (χ2n) is 6.06. The molecule has 1 aliphatic rings. The number of carbonyl (C=O) groups excluding carboxylic acids is 1. The van der Waals surface area contributed by atoms with Gasteiger partial charge in [0.05, 0.1) is 15.5 Å². The molecule has 2 aromatic rings. The number of amides is 1. The molecule has 0 bridgehead atoms. The Balaban J connectivity index is 1.65. The van der Waals surface area contributed by atoms with E-state index >= 15 is 0 Å². The molecular formula is C18H18ClN3O3. The third-order valence-corrected chi connectivity index (χ3v) is 4.54. The molecule has 1 saturated heterocycles. The summed E-state index contributed by atoms with van der Waals surface area (Å²) in [5.74, 6) is -0.396. The van der Waals surface area contributed by atoms with Gasteiger partial charge in [-0.25, -0.2) is 0 Å². The van der Waals surface area contributed by atoms with E-state index in [1.807, 2.05) is 24.3 Å². The summed E-state index contributed by atoms with van der Waals surface area (Å²) in [6, 6.07) is 11.5. The average Bonchev–Trinajstić information content (AvgIpc) is 3.09. The van der Waals surface area contributed by atoms with Crippen molar-refractivity contribution < 1.29 is 9.72 Å². The van der Waals surface area contributed by atoms with Gasteiger partial charge in [0.25, 0.3) is 11.6 Å². The van der Waals surface area contributed by atoms with Crippen LogP contribution in [-0.2, 0) is 6.54 Å². The SMILES string of the molecule is O=C(Nc1ccc(CN2CCCC2)cc1)c1ccc([N+](=O)[O-])cc1Cl. The first-order chi connectivity index (χ1) is 12.0. The molecule has 7 heteroatoms. The minimum atomic E-state index is -0.549. The summed E-state index contributed by atoms with van der Waals surface area (Å²) in [6.45, 7) is 3.19. The van der Waals surface area contributed by atoms with Crippen molar-refractivity contribution in [3.05, 3.63) is 68.7 Å². The highest BCUT2D eigenvalue weighted by molar-refractivity contribution is 6.34. The van der Waals surface area contributed by atoms with Crippen LogP contribution in [0.25, 0.3) is 0 Å². The van der Waals surface area contributed by atoms with E-state index in [1.165, 1.54) is 36.6 Å². The first-order valence-electron chi connectivity index (χ1n) is 8.09. The maximum absolute atomic E-state index is 12.3. The Morgan fingerprint density at radius 2 is 1.84 bits per heavy atom. The maximum Gasteiger partial charge on any atom is 0.270 e. The molecule has 0 radical (unpaired) electrons. The Hall–Kier alpha value is -2.44. The number of nitrogens with one attached hydrogen (secondary N) is 1. The number of benzene rings is 2. The van der Waals surface area contributed by atoms with Crippen molar-refractivity contribution in [2.24, 2.45) is 0 Å². The number of nitrogens with zero attached hydrogens (tertiary/aromatic N) is 2. The second-order valence-corrected chi connectivity index (χ2v) is 6.46. The fraction of sp³-hybridized carbons (Fsp3) is 0.278. The number of rotatable bonds is 5. The third-order valence-electron chi connectivity index (χ3n) is 4.22. The molecule has 130 valence electrons. The molecule has 2 aromatic carbocycles. The Kier molecular flexibility index (Phi) is 5.31. The van der Waals surface area contributed by atoms with Gasteiger partial charge in [0.2, 0.25) is 0 Å². The lowest BCUT2D eigenvalue weighted by Gasteiger charge is -2.14. The van der Waals surface area contributed by atoms with Gasteiger partial charge >= 0.3 is 0 Å². The Morgan fingerprint density at radius 1 is 1.16 bits per heavy atom. The van der Waals surface area contributed by atoms with Crippen LogP contribution in [0.2, 0.25) is 5.02 Å². The van der Waals surface area contributed by atoms with Crippen molar-refractivity contribution in [3.63, 3.8) is 0 Å². The van der Waals surface area contributed by atoms with Crippen LogP contribution in [0.4, 0.5) is 11.4 Å². The normalized spacial score (nSPS) is 14.4. The van der Waals surface area contributed by atoms with Gasteiger partial charge in [0.15, 0.2) is 0 Å². The van der Waals surface area contributed by atoms with Crippen molar-refractivity contribution in [1.82, 2.24) is 4.90 Å². The molecule has 1 fully saturated rings. The molecule has 0 aliphatic carbocycles. The minimum absolute atomic E-state index is 0.0531. The highest BCUT2D eigenvalue weighted by Crippen LogP contribution is 2.23. The largest absolute Gasteiger partial charge is 0.322 e. The monoisotopic (exact) mass is 359 g/mol. The van der Waals surface area contributed by atoms with Crippen molar-refractivity contribution in [3.8, 4) is 0 Å². The lowest BCUT2D eigenvalue weighted by Crippen LogP contribution is -2.18. The number of hydrogen-bond acceptors (Lipinski definition) is 4. The fourth-order valence-electron chi connectivity index (χ4n) is 2.89. The van der Waals surface area contributed by atoms with Gasteiger partial charge in [0.1, 0.15) is 0 Å². The van der Waals surface area contributed by atoms with Crippen molar-refractivity contribution in [2.75, 3.05) is 18.4 Å². The van der Waals surface area contributed by atoms with Crippen LogP contribution in [0.15, 0.2) is 42.5 Å². The summed E-state index contributed by atoms with van der Waals surface area (Å²) in [7, 11) is 0. The smallest absolute Gasteiger partial charge is 0.270 e. The molecule has 3 rings (SSSR count). The van der Waals surface area contributed by atoms with Gasteiger partial charge in [-0.1, -0.05) is 23.7 Å². The molecule has 1 amide bonds. The zero-order valence-corrected chi connectivity index (χ0v) is 14.3. The van der Waals surface area contributed by atoms with E-state index in [9.17, 15) is 14.9 Å². The molecule has 1 aliphatic heterocycles. The molecule has 0 unspecified atom stereocenters. The molecular weight excluding hydrogens is 342 g/mol. The predicted molar refractivity (Wildman–Crippen MR) is 97.0 cm³/mol. The average molecular weight is 360 g/mol. The molecule has 1 N–H and O–H groups in total. The lowest BCUT2D eigenvalue weighted by atomic mass is 10.1. The van der Waals surface area contributed by atoms with Gasteiger partial charge in [-0.15, -0.1) is 0 Å². The van der Waals surface area contributed by atoms with Gasteiger partial charge in [-0.05, 0) is 49.7 Å². The highest BCUT2D eigenvalue weighted by atomic mass is 35.5. The van der Waals surface area contributed by atoms with E-state index in [4.69, 9.17) is 11.6 Å². The second kappa shape index (κ2) is 7.63. The molecule has 0 saturated carbocycles. The maximum atomic E-state index is 12.3.